The van der Waals surface area contributed by atoms with Gasteiger partial charge in [-0.2, -0.15) is 19.3 Å². The third kappa shape index (κ3) is 29.2. The summed E-state index contributed by atoms with van der Waals surface area (Å²) in [7, 11) is 0. The molecule has 14 rings (SSSR count). The number of benzene rings is 1. The quantitative estimate of drug-likeness (QED) is 0.0577. The average Bonchev–Trinajstić information content (AvgIpc) is 1.83. The molecule has 0 radical (unpaired) electrons. The number of aromatic amines is 6. The number of H-pyrrole nitrogens is 6. The molecule has 1 aromatic carbocycles. The van der Waals surface area contributed by atoms with E-state index in [0.717, 1.165) is 38.6 Å². The second-order valence-corrected chi connectivity index (χ2v) is 31.4. The van der Waals surface area contributed by atoms with Crippen LogP contribution in [0.25, 0.3) is 44.5 Å². The molecule has 13 heterocycles. The van der Waals surface area contributed by atoms with Crippen molar-refractivity contribution in [2.75, 3.05) is 28.7 Å². The van der Waals surface area contributed by atoms with Gasteiger partial charge in [0, 0.05) is 121 Å². The molecule has 0 spiro atoms. The molecular weight excluding hydrogens is 1670 g/mol. The zero-order valence-corrected chi connectivity index (χ0v) is 76.4. The Morgan fingerprint density at radius 1 is 0.349 bits per heavy atom. The molecule has 0 saturated heterocycles. The van der Waals surface area contributed by atoms with E-state index in [1.165, 1.54) is 54.0 Å². The van der Waals surface area contributed by atoms with Crippen LogP contribution in [0, 0.1) is 31.5 Å². The lowest BCUT2D eigenvalue weighted by Crippen LogP contribution is -2.32. The zero-order chi connectivity index (χ0) is 97.0. The molecule has 14 aromatic rings. The highest BCUT2D eigenvalue weighted by Gasteiger charge is 2.16. The van der Waals surface area contributed by atoms with Crippen LogP contribution in [0.2, 0.25) is 0 Å². The molecule has 0 saturated carbocycles. The van der Waals surface area contributed by atoms with Crippen LogP contribution in [0.1, 0.15) is 223 Å². The van der Waals surface area contributed by atoms with E-state index in [1.54, 1.807) is 80.3 Å². The SMILES string of the molecule is CC#Cc1cn(C(C)C)c(=O)[nH]c1=O.CC(C)n1cc(-c2ccccc2)c(=O)[nH]c1=O.CC(C)n1cc(F)c(=O)[nH]c1=O.CC(C)n1ccc(=O)[nH]c1=O.CC(C)n1ccc(N)nc1=O.CC(C)n1ccc2c(N)ncnc21.CC(C)n1cnc2c(=O)[nH]c(N)nc21.CC(C)n1cnc2c(N)ncnc21.Cc1cn(C(C)C)c(=O)[nH]c1=O.Cc1cn(C(C)C)c(=O)nc1N. The van der Waals surface area contributed by atoms with Crippen molar-refractivity contribution in [3.63, 3.8) is 0 Å². The number of nitrogens with one attached hydrogen (secondary N) is 6. The summed E-state index contributed by atoms with van der Waals surface area (Å²) in [5.41, 5.74) is 28.5. The minimum atomic E-state index is -0.975. The molecule has 16 N–H and O–H groups in total. The van der Waals surface area contributed by atoms with Crippen LogP contribution in [0.15, 0.2) is 186 Å². The Morgan fingerprint density at radius 3 is 1.30 bits per heavy atom. The van der Waals surface area contributed by atoms with Gasteiger partial charge in [-0.15, -0.1) is 5.92 Å². The van der Waals surface area contributed by atoms with E-state index in [1.807, 2.05) is 156 Å². The summed E-state index contributed by atoms with van der Waals surface area (Å²) in [6, 6.07) is 15.4. The zero-order valence-electron chi connectivity index (χ0n) is 76.4. The van der Waals surface area contributed by atoms with E-state index in [4.69, 9.17) is 28.7 Å². The number of fused-ring (bicyclic) bond motifs is 3. The summed E-state index contributed by atoms with van der Waals surface area (Å²) in [5, 5.41) is 0.927. The fourth-order valence-corrected chi connectivity index (χ4v) is 11.2. The Kier molecular flexibility index (Phi) is 38.2. The van der Waals surface area contributed by atoms with Crippen molar-refractivity contribution in [2.24, 2.45) is 0 Å². The van der Waals surface area contributed by atoms with Crippen molar-refractivity contribution < 1.29 is 4.39 Å². The number of rotatable bonds is 11. The summed E-state index contributed by atoms with van der Waals surface area (Å²) in [6.45, 7) is 43.7. The first-order valence-corrected chi connectivity index (χ1v) is 40.7. The number of hydrogen-bond donors (Lipinski definition) is 11. The third-order valence-corrected chi connectivity index (χ3v) is 18.2. The maximum atomic E-state index is 12.6. The van der Waals surface area contributed by atoms with Crippen LogP contribution in [-0.4, -0.2) is 120 Å². The normalized spacial score (nSPS) is 10.7. The Labute approximate surface area is 736 Å². The summed E-state index contributed by atoms with van der Waals surface area (Å²) < 4.78 is 28.6. The number of hydrogen-bond acceptors (Lipinski definition) is 27. The number of aryl methyl sites for hydroxylation is 2. The Hall–Kier alpha value is -15.6. The minimum Gasteiger partial charge on any atom is -0.383 e. The average molecular weight is 1780 g/mol. The second-order valence-electron chi connectivity index (χ2n) is 31.4. The maximum absolute atomic E-state index is 12.6. The van der Waals surface area contributed by atoms with Gasteiger partial charge in [0.1, 0.15) is 46.8 Å². The van der Waals surface area contributed by atoms with Gasteiger partial charge >= 0.3 is 39.8 Å². The Balaban J connectivity index is 0.000000255. The van der Waals surface area contributed by atoms with Gasteiger partial charge in [0.2, 0.25) is 11.8 Å². The first-order valence-electron chi connectivity index (χ1n) is 40.7. The van der Waals surface area contributed by atoms with Gasteiger partial charge in [0.15, 0.2) is 22.6 Å². The van der Waals surface area contributed by atoms with Crippen LogP contribution in [0.4, 0.5) is 33.6 Å². The molecule has 0 bridgehead atoms. The van der Waals surface area contributed by atoms with Gasteiger partial charge in [0.25, 0.3) is 33.4 Å². The first-order chi connectivity index (χ1) is 60.4. The van der Waals surface area contributed by atoms with Crippen molar-refractivity contribution in [1.29, 1.82) is 0 Å². The number of nitrogens with zero attached hydrogens (tertiary/aromatic N) is 19. The van der Waals surface area contributed by atoms with E-state index in [9.17, 15) is 66.7 Å². The van der Waals surface area contributed by atoms with Crippen LogP contribution in [0.5, 0.6) is 0 Å². The molecule has 690 valence electrons. The molecule has 0 aliphatic heterocycles. The smallest absolute Gasteiger partial charge is 0.349 e. The molecule has 0 amide bonds. The summed E-state index contributed by atoms with van der Waals surface area (Å²) >= 11 is 0. The van der Waals surface area contributed by atoms with E-state index in [0.29, 0.717) is 62.9 Å². The highest BCUT2D eigenvalue weighted by Crippen LogP contribution is 2.22. The summed E-state index contributed by atoms with van der Waals surface area (Å²) in [4.78, 5) is 194. The van der Waals surface area contributed by atoms with Crippen LogP contribution in [0.3, 0.4) is 0 Å². The number of nitrogens with two attached hydrogens (primary N) is 5. The van der Waals surface area contributed by atoms with E-state index >= 15 is 0 Å². The molecular formula is C85H115FN30O13. The maximum Gasteiger partial charge on any atom is 0.349 e. The highest BCUT2D eigenvalue weighted by atomic mass is 19.1. The largest absolute Gasteiger partial charge is 0.383 e. The minimum absolute atomic E-state index is 0.0109. The molecule has 44 heteroatoms. The van der Waals surface area contributed by atoms with Gasteiger partial charge in [-0.1, -0.05) is 36.3 Å². The Morgan fingerprint density at radius 2 is 0.783 bits per heavy atom. The second kappa shape index (κ2) is 47.5. The molecule has 0 aliphatic rings. The van der Waals surface area contributed by atoms with Gasteiger partial charge in [-0.25, -0.2) is 63.5 Å². The molecule has 129 heavy (non-hydrogen) atoms. The predicted molar refractivity (Wildman–Crippen MR) is 498 cm³/mol. The van der Waals surface area contributed by atoms with E-state index in [2.05, 4.69) is 114 Å². The van der Waals surface area contributed by atoms with Crippen LogP contribution >= 0.6 is 0 Å². The van der Waals surface area contributed by atoms with Crippen molar-refractivity contribution in [2.45, 2.75) is 220 Å². The highest BCUT2D eigenvalue weighted by molar-refractivity contribution is 5.86. The van der Waals surface area contributed by atoms with Crippen molar-refractivity contribution in [3.8, 4) is 23.0 Å². The number of aromatic nitrogens is 25. The van der Waals surface area contributed by atoms with E-state index < -0.39 is 28.3 Å². The van der Waals surface area contributed by atoms with Gasteiger partial charge in [0.05, 0.1) is 29.8 Å². The fourth-order valence-electron chi connectivity index (χ4n) is 11.2. The van der Waals surface area contributed by atoms with E-state index in [-0.39, 0.29) is 111 Å². The topological polar surface area (TPSA) is 612 Å². The predicted octanol–water partition coefficient (Wildman–Crippen LogP) is 7.06. The van der Waals surface area contributed by atoms with Crippen molar-refractivity contribution >= 4 is 62.6 Å². The first kappa shape index (κ1) is 104. The monoisotopic (exact) mass is 1780 g/mol. The molecule has 43 nitrogen and oxygen atoms in total. The van der Waals surface area contributed by atoms with Crippen molar-refractivity contribution in [3.05, 3.63) is 281 Å². The van der Waals surface area contributed by atoms with Crippen LogP contribution < -0.4 is 102 Å². The Bertz CT molecular complexity index is 6890. The molecule has 0 fully saturated rings. The van der Waals surface area contributed by atoms with Gasteiger partial charge in [-0.05, 0) is 177 Å². The number of halogens is 1. The van der Waals surface area contributed by atoms with Gasteiger partial charge in [-0.3, -0.25) is 90.6 Å². The third-order valence-electron chi connectivity index (χ3n) is 18.2. The molecule has 0 atom stereocenters. The summed E-state index contributed by atoms with van der Waals surface area (Å²) in [6.07, 6.45) is 18.7. The number of anilines is 5. The lowest BCUT2D eigenvalue weighted by atomic mass is 10.1. The number of nitrogen functional groups attached to an aromatic ring is 5. The lowest BCUT2D eigenvalue weighted by Gasteiger charge is -2.10. The van der Waals surface area contributed by atoms with Crippen LogP contribution in [-0.2, 0) is 0 Å². The standard InChI is InChI=1S/C13H14N2O2.C10H12N2O2.C9H12N4.C8H11N5O.C8H11N5.C8H13N3O.C8H12N2O2.C7H9FN2O2.C7H11N3O.C7H10N2O2/c1-9(2)15-8-11(12(16)14-13(15)17)10-6-4-3-5-7-10;1-4-5-8-6-12(7(2)3)10(14)11-9(8)13;1-6(2)13-4-3-7-8(10)11-5-12-9(7)13;1-4(2)13-3-10-5-6(13)11-8(9)12-7(5)14;1-5(2)13-4-12-6-7(9)10-3-11-8(6)13;1-5(2)11-4-6(3)7(9)10-8(11)12;1-5(2)10-4-6(3)7(11)9-8(10)12;1-4(2)10-3-5(8)6(11)9-7(10)12;1-5(2)10-4-3-6(8)9-7(10)11;1-5(2)9-4-3-6(10)8-7(9)11/h3-9H,1-2H3,(H,14,16,17);6-7H,1-3H3,(H,11,13,14);3-6H,1-2H3,(H2,10,11,12);3-4H,1-2H3,(H3,9,11,12,14);3-5H,1-2H3,(H2,9,10,11);4-5H,1-3H3,(H2,9,10,12);4-5H,1-3H3,(H,9,11,12);3-4H,1-2H3,(H,9,11,12);3-5H,1-2H3,(H2,8,9,11);3-5H,1-2H3,(H,8,10,11). The summed E-state index contributed by atoms with van der Waals surface area (Å²) in [5.74, 6) is 6.01. The van der Waals surface area contributed by atoms with Crippen molar-refractivity contribution in [1.82, 2.24) is 120 Å². The lowest BCUT2D eigenvalue weighted by molar-refractivity contribution is 0.511. The molecule has 0 unspecified atom stereocenters. The number of imidazole rings is 2. The molecule has 0 aliphatic carbocycles. The fraction of sp³-hybridized carbons (Fsp3) is 0.388. The molecule has 13 aromatic heterocycles. The van der Waals surface area contributed by atoms with Gasteiger partial charge < -0.3 is 42.4 Å².